The number of carbonyl (C=O) groups is 2. The second kappa shape index (κ2) is 8.70. The summed E-state index contributed by atoms with van der Waals surface area (Å²) in [7, 11) is 3.06. The van der Waals surface area contributed by atoms with Crippen molar-refractivity contribution in [3.8, 4) is 0 Å². The fourth-order valence-electron chi connectivity index (χ4n) is 3.56. The van der Waals surface area contributed by atoms with Gasteiger partial charge in [0.25, 0.3) is 0 Å². The predicted molar refractivity (Wildman–Crippen MR) is 101 cm³/mol. The highest BCUT2D eigenvalue weighted by Gasteiger charge is 2.36. The summed E-state index contributed by atoms with van der Waals surface area (Å²) in [5.41, 5.74) is 1.20. The van der Waals surface area contributed by atoms with Crippen LogP contribution in [0.1, 0.15) is 32.3 Å². The number of rotatable bonds is 5. The average Bonchev–Trinajstić information content (AvgIpc) is 3.01. The summed E-state index contributed by atoms with van der Waals surface area (Å²) in [5.74, 6) is -0.374. The van der Waals surface area contributed by atoms with E-state index in [2.05, 4.69) is 28.1 Å². The molecule has 2 amide bonds. The highest BCUT2D eigenvalue weighted by molar-refractivity contribution is 9.10. The van der Waals surface area contributed by atoms with Crippen LogP contribution in [-0.4, -0.2) is 54.6 Å². The van der Waals surface area contributed by atoms with Crippen LogP contribution in [0.3, 0.4) is 0 Å². The molecule has 1 aliphatic rings. The van der Waals surface area contributed by atoms with Gasteiger partial charge in [-0.15, -0.1) is 0 Å². The zero-order valence-electron chi connectivity index (χ0n) is 15.4. The van der Waals surface area contributed by atoms with Gasteiger partial charge in [0, 0.05) is 24.1 Å². The van der Waals surface area contributed by atoms with E-state index in [0.717, 1.165) is 30.3 Å². The molecule has 1 fully saturated rings. The molecule has 5 nitrogen and oxygen atoms in total. The van der Waals surface area contributed by atoms with Crippen LogP contribution in [0.2, 0.25) is 0 Å². The van der Waals surface area contributed by atoms with E-state index < -0.39 is 6.04 Å². The summed E-state index contributed by atoms with van der Waals surface area (Å²) in [6, 6.07) is 7.69. The Morgan fingerprint density at radius 1 is 1.40 bits per heavy atom. The number of ether oxygens (including phenoxy) is 1. The number of urea groups is 1. The van der Waals surface area contributed by atoms with Crippen molar-refractivity contribution in [3.63, 3.8) is 0 Å². The second-order valence-corrected chi connectivity index (χ2v) is 7.84. The van der Waals surface area contributed by atoms with Gasteiger partial charge in [0.15, 0.2) is 0 Å². The van der Waals surface area contributed by atoms with Gasteiger partial charge in [0.05, 0.1) is 7.11 Å². The molecule has 0 aromatic heterocycles. The quantitative estimate of drug-likeness (QED) is 0.695. The van der Waals surface area contributed by atoms with Gasteiger partial charge < -0.3 is 14.5 Å². The molecule has 0 radical (unpaired) electrons. The summed E-state index contributed by atoms with van der Waals surface area (Å²) in [5, 5.41) is 0. The normalized spacial score (nSPS) is 18.3. The number of carbonyl (C=O) groups excluding carboxylic acids is 2. The Morgan fingerprint density at radius 2 is 2.12 bits per heavy atom. The van der Waals surface area contributed by atoms with Gasteiger partial charge >= 0.3 is 12.0 Å². The van der Waals surface area contributed by atoms with Gasteiger partial charge in [0.2, 0.25) is 0 Å². The molecule has 2 rings (SSSR count). The zero-order chi connectivity index (χ0) is 18.6. The van der Waals surface area contributed by atoms with Crippen molar-refractivity contribution in [1.82, 2.24) is 9.80 Å². The molecule has 138 valence electrons. The van der Waals surface area contributed by atoms with Crippen molar-refractivity contribution < 1.29 is 14.3 Å². The first-order valence-corrected chi connectivity index (χ1v) is 9.50. The molecule has 1 saturated heterocycles. The highest BCUT2D eigenvalue weighted by Crippen LogP contribution is 2.25. The Hall–Kier alpha value is -1.56. The Kier molecular flexibility index (Phi) is 6.87. The van der Waals surface area contributed by atoms with Crippen LogP contribution < -0.4 is 0 Å². The van der Waals surface area contributed by atoms with Gasteiger partial charge in [-0.05, 0) is 42.9 Å². The van der Waals surface area contributed by atoms with Crippen LogP contribution >= 0.6 is 15.9 Å². The maximum Gasteiger partial charge on any atom is 0.328 e. The molecule has 1 aromatic carbocycles. The number of hydrogen-bond acceptors (Lipinski definition) is 3. The summed E-state index contributed by atoms with van der Waals surface area (Å²) in [6.07, 6.45) is 2.79. The van der Waals surface area contributed by atoms with E-state index in [1.54, 1.807) is 7.05 Å². The van der Waals surface area contributed by atoms with Gasteiger partial charge in [-0.3, -0.25) is 0 Å². The Labute approximate surface area is 158 Å². The summed E-state index contributed by atoms with van der Waals surface area (Å²) < 4.78 is 5.93. The van der Waals surface area contributed by atoms with Gasteiger partial charge in [-0.1, -0.05) is 41.9 Å². The summed E-state index contributed by atoms with van der Waals surface area (Å²) in [4.78, 5) is 28.5. The molecule has 0 aliphatic carbocycles. The van der Waals surface area contributed by atoms with Crippen molar-refractivity contribution >= 4 is 27.9 Å². The van der Waals surface area contributed by atoms with Crippen LogP contribution in [0, 0.1) is 5.92 Å². The van der Waals surface area contributed by atoms with Crippen molar-refractivity contribution in [1.29, 1.82) is 0 Å². The number of amides is 2. The van der Waals surface area contributed by atoms with E-state index >= 15 is 0 Å². The fraction of sp³-hybridized carbons (Fsp3) is 0.579. The van der Waals surface area contributed by atoms with Crippen LogP contribution in [0.4, 0.5) is 4.79 Å². The van der Waals surface area contributed by atoms with Crippen molar-refractivity contribution in [3.05, 3.63) is 34.3 Å². The molecule has 1 heterocycles. The Bertz CT molecular complexity index is 620. The van der Waals surface area contributed by atoms with Crippen LogP contribution in [0.15, 0.2) is 28.7 Å². The number of likely N-dealkylation sites (tertiary alicyclic amines) is 1. The third-order valence-corrected chi connectivity index (χ3v) is 5.27. The van der Waals surface area contributed by atoms with E-state index in [4.69, 9.17) is 4.74 Å². The Morgan fingerprint density at radius 3 is 2.72 bits per heavy atom. The standard InChI is InChI=1S/C19H27BrN2O3/c1-13(2)17(18(23)25-4)21(3)19(24)22-10-6-9-16(22)12-14-7-5-8-15(20)11-14/h5,7-8,11,13,16-17H,6,9-10,12H2,1-4H3/t16?,17-/m0/s1. The molecule has 25 heavy (non-hydrogen) atoms. The molecular weight excluding hydrogens is 384 g/mol. The smallest absolute Gasteiger partial charge is 0.328 e. The number of methoxy groups -OCH3 is 1. The average molecular weight is 411 g/mol. The number of hydrogen-bond donors (Lipinski definition) is 0. The van der Waals surface area contributed by atoms with Crippen molar-refractivity contribution in [2.75, 3.05) is 20.7 Å². The monoisotopic (exact) mass is 410 g/mol. The molecule has 6 heteroatoms. The SMILES string of the molecule is COC(=O)[C@H](C(C)C)N(C)C(=O)N1CCCC1Cc1cccc(Br)c1. The van der Waals surface area contributed by atoms with E-state index in [0.29, 0.717) is 0 Å². The first-order chi connectivity index (χ1) is 11.8. The molecule has 0 N–H and O–H groups in total. The zero-order valence-corrected chi connectivity index (χ0v) is 17.0. The molecule has 0 spiro atoms. The lowest BCUT2D eigenvalue weighted by molar-refractivity contribution is -0.147. The third kappa shape index (κ3) is 4.75. The summed E-state index contributed by atoms with van der Waals surface area (Å²) in [6.45, 7) is 4.58. The molecule has 0 saturated carbocycles. The Balaban J connectivity index is 2.12. The van der Waals surface area contributed by atoms with E-state index in [-0.39, 0.29) is 24.0 Å². The molecule has 1 unspecified atom stereocenters. The van der Waals surface area contributed by atoms with Gasteiger partial charge in [-0.2, -0.15) is 0 Å². The third-order valence-electron chi connectivity index (χ3n) is 4.78. The molecule has 1 aliphatic heterocycles. The number of halogens is 1. The topological polar surface area (TPSA) is 49.9 Å². The molecule has 1 aromatic rings. The lowest BCUT2D eigenvalue weighted by atomic mass is 10.0. The first kappa shape index (κ1) is 19.8. The second-order valence-electron chi connectivity index (χ2n) is 6.93. The molecule has 2 atom stereocenters. The highest BCUT2D eigenvalue weighted by atomic mass is 79.9. The summed E-state index contributed by atoms with van der Waals surface area (Å²) >= 11 is 3.50. The minimum Gasteiger partial charge on any atom is -0.467 e. The van der Waals surface area contributed by atoms with Crippen LogP contribution in [0.25, 0.3) is 0 Å². The molecule has 0 bridgehead atoms. The first-order valence-electron chi connectivity index (χ1n) is 8.70. The van der Waals surface area contributed by atoms with Crippen molar-refractivity contribution in [2.24, 2.45) is 5.92 Å². The van der Waals surface area contributed by atoms with Crippen molar-refractivity contribution in [2.45, 2.75) is 45.2 Å². The largest absolute Gasteiger partial charge is 0.467 e. The van der Waals surface area contributed by atoms with Crippen LogP contribution in [0.5, 0.6) is 0 Å². The molecular formula is C19H27BrN2O3. The lowest BCUT2D eigenvalue weighted by Gasteiger charge is -2.34. The van der Waals surface area contributed by atoms with E-state index in [1.807, 2.05) is 30.9 Å². The van der Waals surface area contributed by atoms with E-state index in [9.17, 15) is 9.59 Å². The number of nitrogens with zero attached hydrogens (tertiary/aromatic N) is 2. The van der Waals surface area contributed by atoms with Gasteiger partial charge in [0.1, 0.15) is 6.04 Å². The minimum absolute atomic E-state index is 0.00692. The van der Waals surface area contributed by atoms with E-state index in [1.165, 1.54) is 17.6 Å². The predicted octanol–water partition coefficient (Wildman–Crippen LogP) is 3.71. The number of esters is 1. The van der Waals surface area contributed by atoms with Gasteiger partial charge in [-0.25, -0.2) is 9.59 Å². The number of likely N-dealkylation sites (N-methyl/N-ethyl adjacent to an activating group) is 1. The minimum atomic E-state index is -0.565. The lowest BCUT2D eigenvalue weighted by Crippen LogP contribution is -2.52. The fourth-order valence-corrected chi connectivity index (χ4v) is 4.00. The van der Waals surface area contributed by atoms with Crippen LogP contribution in [-0.2, 0) is 16.0 Å². The number of benzene rings is 1. The maximum absolute atomic E-state index is 13.0. The maximum atomic E-state index is 13.0.